The molecule has 0 aliphatic rings. The van der Waals surface area contributed by atoms with Crippen molar-refractivity contribution in [2.24, 2.45) is 11.1 Å². The van der Waals surface area contributed by atoms with Gasteiger partial charge in [-0.15, -0.1) is 0 Å². The molecule has 0 fully saturated rings. The first kappa shape index (κ1) is 13.6. The maximum Gasteiger partial charge on any atom is 0.223 e. The molecule has 17 heavy (non-hydrogen) atoms. The van der Waals surface area contributed by atoms with E-state index < -0.39 is 11.3 Å². The predicted molar refractivity (Wildman–Crippen MR) is 65.9 cm³/mol. The molecular weight excluding hydrogens is 240 g/mol. The van der Waals surface area contributed by atoms with E-state index in [0.29, 0.717) is 16.4 Å². The number of carbonyl (C=O) groups is 2. The van der Waals surface area contributed by atoms with Crippen LogP contribution in [0.3, 0.4) is 0 Å². The van der Waals surface area contributed by atoms with Crippen LogP contribution in [0.15, 0.2) is 12.1 Å². The van der Waals surface area contributed by atoms with E-state index >= 15 is 0 Å². The van der Waals surface area contributed by atoms with E-state index in [1.807, 2.05) is 0 Å². The maximum atomic E-state index is 11.4. The largest absolute Gasteiger partial charge is 0.369 e. The Balaban J connectivity index is 3.17. The van der Waals surface area contributed by atoms with Gasteiger partial charge in [0.25, 0.3) is 0 Å². The second-order valence-electron chi connectivity index (χ2n) is 4.61. The number of Topliss-reactive ketones (excluding diaryl/α,β-unsaturated/α-hetero) is 1. The summed E-state index contributed by atoms with van der Waals surface area (Å²) in [5.74, 6) is -0.543. The monoisotopic (exact) mass is 254 g/mol. The zero-order valence-electron chi connectivity index (χ0n) is 10.1. The SMILES string of the molecule is CC(=O)c1ccc(Cl)nc1CC(C)(C)C(N)=O. The summed E-state index contributed by atoms with van der Waals surface area (Å²) in [6.07, 6.45) is 0.289. The topological polar surface area (TPSA) is 73.1 Å². The third-order valence-corrected chi connectivity index (χ3v) is 2.81. The van der Waals surface area contributed by atoms with Gasteiger partial charge in [-0.3, -0.25) is 9.59 Å². The molecule has 1 aromatic heterocycles. The zero-order chi connectivity index (χ0) is 13.2. The highest BCUT2D eigenvalue weighted by molar-refractivity contribution is 6.29. The minimum atomic E-state index is -0.762. The fourth-order valence-corrected chi connectivity index (χ4v) is 1.60. The molecule has 1 heterocycles. The van der Waals surface area contributed by atoms with Crippen LogP contribution in [-0.2, 0) is 11.2 Å². The predicted octanol–water partition coefficient (Wildman–Crippen LogP) is 1.99. The average Bonchev–Trinajstić information content (AvgIpc) is 2.15. The van der Waals surface area contributed by atoms with E-state index in [2.05, 4.69) is 4.98 Å². The molecule has 0 saturated heterocycles. The molecule has 0 radical (unpaired) electrons. The van der Waals surface area contributed by atoms with E-state index in [-0.39, 0.29) is 12.2 Å². The molecule has 0 aliphatic heterocycles. The van der Waals surface area contributed by atoms with Crippen molar-refractivity contribution < 1.29 is 9.59 Å². The van der Waals surface area contributed by atoms with E-state index in [0.717, 1.165) is 0 Å². The molecule has 0 bridgehead atoms. The van der Waals surface area contributed by atoms with Crippen molar-refractivity contribution in [3.8, 4) is 0 Å². The Labute approximate surface area is 105 Å². The van der Waals surface area contributed by atoms with Gasteiger partial charge in [0.1, 0.15) is 5.15 Å². The average molecular weight is 255 g/mol. The van der Waals surface area contributed by atoms with Crippen molar-refractivity contribution >= 4 is 23.3 Å². The van der Waals surface area contributed by atoms with Crippen LogP contribution in [0, 0.1) is 5.41 Å². The Hall–Kier alpha value is -1.42. The van der Waals surface area contributed by atoms with Crippen LogP contribution >= 0.6 is 11.6 Å². The maximum absolute atomic E-state index is 11.4. The van der Waals surface area contributed by atoms with Crippen LogP contribution < -0.4 is 5.73 Å². The number of ketones is 1. The Bertz CT molecular complexity index is 470. The molecule has 0 atom stereocenters. The molecule has 0 saturated carbocycles. The van der Waals surface area contributed by atoms with Gasteiger partial charge in [-0.25, -0.2) is 4.98 Å². The lowest BCUT2D eigenvalue weighted by Gasteiger charge is -2.20. The number of nitrogens with zero attached hydrogens (tertiary/aromatic N) is 1. The molecule has 4 nitrogen and oxygen atoms in total. The van der Waals surface area contributed by atoms with Crippen LogP contribution in [0.25, 0.3) is 0 Å². The second-order valence-corrected chi connectivity index (χ2v) is 5.00. The Morgan fingerprint density at radius 3 is 2.47 bits per heavy atom. The standard InChI is InChI=1S/C12H15ClN2O2/c1-7(16)8-4-5-10(13)15-9(8)6-12(2,3)11(14)17/h4-5H,6H2,1-3H3,(H2,14,17). The summed E-state index contributed by atoms with van der Waals surface area (Å²) in [6.45, 7) is 4.87. The molecule has 0 unspecified atom stereocenters. The highest BCUT2D eigenvalue weighted by Gasteiger charge is 2.27. The highest BCUT2D eigenvalue weighted by Crippen LogP contribution is 2.23. The third-order valence-electron chi connectivity index (χ3n) is 2.60. The quantitative estimate of drug-likeness (QED) is 0.660. The summed E-state index contributed by atoms with van der Waals surface area (Å²) in [6, 6.07) is 3.17. The molecule has 0 aromatic carbocycles. The van der Waals surface area contributed by atoms with E-state index in [1.165, 1.54) is 6.92 Å². The molecular formula is C12H15ClN2O2. The summed E-state index contributed by atoms with van der Waals surface area (Å²) in [7, 11) is 0. The lowest BCUT2D eigenvalue weighted by atomic mass is 9.85. The highest BCUT2D eigenvalue weighted by atomic mass is 35.5. The van der Waals surface area contributed by atoms with Crippen LogP contribution in [0.2, 0.25) is 5.15 Å². The summed E-state index contributed by atoms with van der Waals surface area (Å²) in [4.78, 5) is 26.8. The first-order valence-corrected chi connectivity index (χ1v) is 5.58. The normalized spacial score (nSPS) is 11.3. The molecule has 1 aromatic rings. The summed E-state index contributed by atoms with van der Waals surface area (Å²) < 4.78 is 0. The molecule has 1 amide bonds. The number of rotatable bonds is 4. The number of hydrogen-bond donors (Lipinski definition) is 1. The number of halogens is 1. The molecule has 2 N–H and O–H groups in total. The number of hydrogen-bond acceptors (Lipinski definition) is 3. The number of amides is 1. The van der Waals surface area contributed by atoms with Crippen LogP contribution in [0.4, 0.5) is 0 Å². The van der Waals surface area contributed by atoms with Gasteiger partial charge in [0.15, 0.2) is 5.78 Å². The van der Waals surface area contributed by atoms with Gasteiger partial charge in [-0.1, -0.05) is 25.4 Å². The Morgan fingerprint density at radius 1 is 1.41 bits per heavy atom. The molecule has 5 heteroatoms. The Morgan fingerprint density at radius 2 is 2.00 bits per heavy atom. The van der Waals surface area contributed by atoms with Gasteiger partial charge in [0, 0.05) is 17.4 Å². The number of aromatic nitrogens is 1. The summed E-state index contributed by atoms with van der Waals surface area (Å²) in [5, 5.41) is 0.297. The van der Waals surface area contributed by atoms with Crippen molar-refractivity contribution in [3.05, 3.63) is 28.5 Å². The molecule has 0 aliphatic carbocycles. The minimum absolute atomic E-state index is 0.107. The van der Waals surface area contributed by atoms with Crippen molar-refractivity contribution in [2.75, 3.05) is 0 Å². The lowest BCUT2D eigenvalue weighted by molar-refractivity contribution is -0.125. The molecule has 0 spiro atoms. The smallest absolute Gasteiger partial charge is 0.223 e. The summed E-state index contributed by atoms with van der Waals surface area (Å²) in [5.41, 5.74) is 5.52. The van der Waals surface area contributed by atoms with Gasteiger partial charge in [0.05, 0.1) is 5.69 Å². The third kappa shape index (κ3) is 3.27. The van der Waals surface area contributed by atoms with Gasteiger partial charge < -0.3 is 5.73 Å². The summed E-state index contributed by atoms with van der Waals surface area (Å²) >= 11 is 5.79. The number of carbonyl (C=O) groups excluding carboxylic acids is 2. The first-order valence-electron chi connectivity index (χ1n) is 5.20. The second kappa shape index (κ2) is 4.84. The van der Waals surface area contributed by atoms with Crippen LogP contribution in [-0.4, -0.2) is 16.7 Å². The molecule has 92 valence electrons. The molecule has 1 rings (SSSR count). The minimum Gasteiger partial charge on any atom is -0.369 e. The van der Waals surface area contributed by atoms with Gasteiger partial charge >= 0.3 is 0 Å². The van der Waals surface area contributed by atoms with Gasteiger partial charge in [-0.2, -0.15) is 0 Å². The first-order chi connectivity index (χ1) is 7.74. The van der Waals surface area contributed by atoms with Crippen molar-refractivity contribution in [3.63, 3.8) is 0 Å². The van der Waals surface area contributed by atoms with Crippen LogP contribution in [0.1, 0.15) is 36.8 Å². The van der Waals surface area contributed by atoms with E-state index in [1.54, 1.807) is 26.0 Å². The number of nitrogens with two attached hydrogens (primary N) is 1. The van der Waals surface area contributed by atoms with Gasteiger partial charge in [-0.05, 0) is 19.1 Å². The van der Waals surface area contributed by atoms with E-state index in [4.69, 9.17) is 17.3 Å². The fourth-order valence-electron chi connectivity index (χ4n) is 1.44. The van der Waals surface area contributed by atoms with E-state index in [9.17, 15) is 9.59 Å². The van der Waals surface area contributed by atoms with Crippen molar-refractivity contribution in [2.45, 2.75) is 27.2 Å². The lowest BCUT2D eigenvalue weighted by Crippen LogP contribution is -2.34. The number of primary amides is 1. The number of pyridine rings is 1. The van der Waals surface area contributed by atoms with Crippen molar-refractivity contribution in [1.82, 2.24) is 4.98 Å². The fraction of sp³-hybridized carbons (Fsp3) is 0.417. The Kier molecular flexibility index (Phi) is 3.88. The van der Waals surface area contributed by atoms with Crippen molar-refractivity contribution in [1.29, 1.82) is 0 Å². The van der Waals surface area contributed by atoms with Gasteiger partial charge in [0.2, 0.25) is 5.91 Å². The van der Waals surface area contributed by atoms with Crippen LogP contribution in [0.5, 0.6) is 0 Å². The zero-order valence-corrected chi connectivity index (χ0v) is 10.8.